The van der Waals surface area contributed by atoms with Gasteiger partial charge >= 0.3 is 5.97 Å². The van der Waals surface area contributed by atoms with Crippen LogP contribution >= 0.6 is 23.1 Å². The van der Waals surface area contributed by atoms with Crippen LogP contribution in [-0.4, -0.2) is 69.9 Å². The molecule has 0 aliphatic carbocycles. The van der Waals surface area contributed by atoms with Gasteiger partial charge in [-0.05, 0) is 13.2 Å². The van der Waals surface area contributed by atoms with Crippen LogP contribution in [0.1, 0.15) is 25.0 Å². The lowest BCUT2D eigenvalue weighted by atomic mass is 9.77. The van der Waals surface area contributed by atoms with Gasteiger partial charge in [-0.3, -0.25) is 9.59 Å². The number of rotatable bonds is 7. The molecule has 4 rings (SSSR count). The van der Waals surface area contributed by atoms with E-state index in [2.05, 4.69) is 5.32 Å². The van der Waals surface area contributed by atoms with Crippen LogP contribution in [0.25, 0.3) is 10.4 Å². The molecule has 4 heterocycles. The van der Waals surface area contributed by atoms with E-state index in [0.29, 0.717) is 5.57 Å². The predicted molar refractivity (Wildman–Crippen MR) is 117 cm³/mol. The Morgan fingerprint density at radius 2 is 2.06 bits per heavy atom. The maximum absolute atomic E-state index is 12.6. The van der Waals surface area contributed by atoms with Crippen molar-refractivity contribution in [1.29, 1.82) is 0 Å². The number of thioether (sulfide) groups is 1. The second kappa shape index (κ2) is 9.52. The number of carboxylic acid groups (broad SMARTS) is 1. The summed E-state index contributed by atoms with van der Waals surface area (Å²) in [4.78, 5) is 39.8. The van der Waals surface area contributed by atoms with Crippen LogP contribution in [0.4, 0.5) is 0 Å². The number of hydrogen-bond donors (Lipinski definition) is 3. The van der Waals surface area contributed by atoms with Gasteiger partial charge in [0.15, 0.2) is 0 Å². The minimum absolute atomic E-state index is 0. The zero-order chi connectivity index (χ0) is 23.5. The number of aromatic nitrogens is 2. The Balaban J connectivity index is 0.00000306. The number of nitrogens with one attached hydrogen (secondary N) is 1. The molecule has 2 aromatic rings. The summed E-state index contributed by atoms with van der Waals surface area (Å²) in [5, 5.41) is 23.3. The molecule has 2 aromatic heterocycles. The number of fused-ring (bicyclic) bond motifs is 2. The largest absolute Gasteiger partial charge is 1.00 e. The van der Waals surface area contributed by atoms with Crippen molar-refractivity contribution in [2.45, 2.75) is 37.2 Å². The van der Waals surface area contributed by atoms with Crippen LogP contribution in [0.5, 0.6) is 0 Å². The fourth-order valence-electron chi connectivity index (χ4n) is 4.75. The van der Waals surface area contributed by atoms with E-state index in [0.717, 1.165) is 14.7 Å². The predicted octanol–water partition coefficient (Wildman–Crippen LogP) is -2.44. The molecule has 180 valence electrons. The normalized spacial score (nSPS) is 23.8. The van der Waals surface area contributed by atoms with Crippen molar-refractivity contribution in [2.75, 3.05) is 20.4 Å². The first-order chi connectivity index (χ1) is 15.2. The smallest absolute Gasteiger partial charge is 0.352 e. The summed E-state index contributed by atoms with van der Waals surface area (Å²) < 4.78 is 8.95. The maximum atomic E-state index is 12.6. The number of thiazole rings is 1. The fourth-order valence-corrected chi connectivity index (χ4v) is 6.93. The highest BCUT2D eigenvalue weighted by Gasteiger charge is 2.60. The van der Waals surface area contributed by atoms with Gasteiger partial charge in [0.2, 0.25) is 15.8 Å². The van der Waals surface area contributed by atoms with Gasteiger partial charge in [0.25, 0.3) is 18.5 Å². The number of aliphatic hydroxyl groups excluding tert-OH is 1. The molecule has 0 aromatic carbocycles. The average molecular weight is 608 g/mol. The summed E-state index contributed by atoms with van der Waals surface area (Å²) in [5.74, 6) is -2.67. The van der Waals surface area contributed by atoms with Crippen molar-refractivity contribution >= 4 is 51.3 Å². The number of aliphatic hydroxyl groups is 1. The quantitative estimate of drug-likeness (QED) is 0.138. The lowest BCUT2D eigenvalue weighted by Crippen LogP contribution is -3.00. The number of amides is 2. The third kappa shape index (κ3) is 3.77. The van der Waals surface area contributed by atoms with Gasteiger partial charge < -0.3 is 49.1 Å². The van der Waals surface area contributed by atoms with Crippen LogP contribution in [0.3, 0.4) is 0 Å². The van der Waals surface area contributed by atoms with Gasteiger partial charge in [-0.25, -0.2) is 4.79 Å². The maximum Gasteiger partial charge on any atom is 0.352 e. The lowest BCUT2D eigenvalue weighted by molar-refractivity contribution is -0.774. The van der Waals surface area contributed by atoms with E-state index in [1.165, 1.54) is 42.2 Å². The number of aliphatic carboxylic acids is 1. The van der Waals surface area contributed by atoms with E-state index in [9.17, 15) is 24.6 Å². The molecule has 3 N–H and O–H groups in total. The fraction of sp³-hybridized carbons (Fsp3) is 0.500. The number of carboxylic acids is 1. The molecule has 2 aliphatic rings. The Labute approximate surface area is 215 Å². The Hall–Kier alpha value is -1.68. The summed E-state index contributed by atoms with van der Waals surface area (Å²) >= 11 is 2.84. The van der Waals surface area contributed by atoms with Crippen molar-refractivity contribution in [3.63, 3.8) is 0 Å². The van der Waals surface area contributed by atoms with Gasteiger partial charge in [0.05, 0.1) is 22.9 Å². The average Bonchev–Trinajstić information content (AvgIpc) is 3.35. The number of β-lactam (4-membered cyclic amide) rings is 1. The molecule has 1 fully saturated rings. The van der Waals surface area contributed by atoms with Crippen molar-refractivity contribution in [1.82, 2.24) is 14.6 Å². The summed E-state index contributed by atoms with van der Waals surface area (Å²) in [7, 11) is 3.00. The van der Waals surface area contributed by atoms with E-state index in [1.54, 1.807) is 17.8 Å². The van der Waals surface area contributed by atoms with Gasteiger partial charge in [0, 0.05) is 25.6 Å². The molecular formula is C20H25IN4O6S2. The van der Waals surface area contributed by atoms with Crippen molar-refractivity contribution < 1.29 is 57.9 Å². The summed E-state index contributed by atoms with van der Waals surface area (Å²) in [6, 6.07) is -0.374. The van der Waals surface area contributed by atoms with Crippen LogP contribution in [0.2, 0.25) is 0 Å². The Morgan fingerprint density at radius 3 is 2.58 bits per heavy atom. The number of nitrogens with zero attached hydrogens (tertiary/aromatic N) is 3. The summed E-state index contributed by atoms with van der Waals surface area (Å²) in [6.07, 6.45) is 3.75. The molecule has 10 nitrogen and oxygen atoms in total. The molecule has 5 atom stereocenters. The number of hydrogen-bond acceptors (Lipinski definition) is 7. The highest BCUT2D eigenvalue weighted by atomic mass is 127. The van der Waals surface area contributed by atoms with Gasteiger partial charge in [-0.1, -0.05) is 30.0 Å². The number of likely N-dealkylation sites (N-methyl/N-ethyl adjacent to an activating group) is 1. The first-order valence-electron chi connectivity index (χ1n) is 10.0. The lowest BCUT2D eigenvalue weighted by Gasteiger charge is -2.46. The van der Waals surface area contributed by atoms with Gasteiger partial charge in [-0.15, -0.1) is 0 Å². The molecule has 2 amide bonds. The van der Waals surface area contributed by atoms with E-state index in [-0.39, 0.29) is 53.4 Å². The second-order valence-electron chi connectivity index (χ2n) is 7.86. The molecule has 13 heteroatoms. The molecule has 0 radical (unpaired) electrons. The number of methoxy groups -OCH3 is 1. The highest BCUT2D eigenvalue weighted by Crippen LogP contribution is 2.51. The highest BCUT2D eigenvalue weighted by molar-refractivity contribution is 7.98. The topological polar surface area (TPSA) is 124 Å². The van der Waals surface area contributed by atoms with Crippen molar-refractivity contribution in [3.05, 3.63) is 23.1 Å². The minimum Gasteiger partial charge on any atom is -1.00 e. The van der Waals surface area contributed by atoms with E-state index in [1.807, 2.05) is 23.8 Å². The zero-order valence-electron chi connectivity index (χ0n) is 18.6. The minimum atomic E-state index is -1.16. The van der Waals surface area contributed by atoms with Crippen LogP contribution in [-0.2, 0) is 19.1 Å². The second-order valence-corrected chi connectivity index (χ2v) is 9.69. The third-order valence-corrected chi connectivity index (χ3v) is 8.21. The molecule has 1 unspecified atom stereocenters. The van der Waals surface area contributed by atoms with E-state index >= 15 is 0 Å². The Morgan fingerprint density at radius 1 is 1.39 bits per heavy atom. The van der Waals surface area contributed by atoms with Crippen molar-refractivity contribution in [2.24, 2.45) is 11.8 Å². The number of halogens is 1. The third-order valence-electron chi connectivity index (χ3n) is 6.14. The van der Waals surface area contributed by atoms with Crippen LogP contribution < -0.4 is 33.9 Å². The first kappa shape index (κ1) is 25.9. The van der Waals surface area contributed by atoms with Crippen molar-refractivity contribution in [3.8, 4) is 0 Å². The van der Waals surface area contributed by atoms with Crippen LogP contribution in [0.15, 0.2) is 23.2 Å². The molecule has 0 saturated carbocycles. The summed E-state index contributed by atoms with van der Waals surface area (Å²) in [6.45, 7) is 3.45. The molecular weight excluding hydrogens is 583 g/mol. The summed E-state index contributed by atoms with van der Waals surface area (Å²) in [5.41, 5.74) is 0.563. The van der Waals surface area contributed by atoms with Gasteiger partial charge in [0.1, 0.15) is 11.9 Å². The molecule has 1 saturated heterocycles. The number of ether oxygens (including phenoxy) is 1. The molecule has 33 heavy (non-hydrogen) atoms. The van der Waals surface area contributed by atoms with Gasteiger partial charge in [-0.2, -0.15) is 8.97 Å². The molecule has 2 aliphatic heterocycles. The first-order valence-corrected chi connectivity index (χ1v) is 12.0. The van der Waals surface area contributed by atoms with E-state index in [4.69, 9.17) is 4.74 Å². The zero-order valence-corrected chi connectivity index (χ0v) is 22.4. The number of imidazole rings is 1. The molecule has 0 spiro atoms. The Kier molecular flexibility index (Phi) is 7.48. The standard InChI is InChI=1S/C20H24N4O6S2.HI/c1-8-11(14(20(28)29)24-13(8)12(9(2)25)16(24)27)10-6-22-7-23(17(30-4)15(26)21-3)19(31-5)18(22)32-10;/h6-9,12-13,17,25H,1-5H3,(H-,21,26,28,29);1H/t8-,9+,12+,13+,17?;/m0./s1. The Bertz CT molecular complexity index is 1160. The van der Waals surface area contributed by atoms with E-state index < -0.39 is 24.2 Å². The SMILES string of the molecule is CNC(=O)C(OC)[n+]1cn2cc(C3=C(C(=O)O)N4C(=O)[C@H]([C@@H](C)O)[C@H]4[C@H]3C)sc2c1SC.[I-]. The van der Waals surface area contributed by atoms with Crippen LogP contribution in [0, 0.1) is 11.8 Å². The molecule has 0 bridgehead atoms. The number of carbonyl (C=O) groups is 3. The monoisotopic (exact) mass is 608 g/mol. The number of carbonyl (C=O) groups excluding carboxylic acids is 2.